The Bertz CT molecular complexity index is 469. The molecule has 1 rings (SSSR count). The van der Waals surface area contributed by atoms with Crippen LogP contribution in [-0.2, 0) is 16.4 Å². The maximum Gasteiger partial charge on any atom is 0.155 e. The lowest BCUT2D eigenvalue weighted by Crippen LogP contribution is -2.22. The number of nitrogens with one attached hydrogen (secondary N) is 1. The van der Waals surface area contributed by atoms with Crippen LogP contribution < -0.4 is 10.1 Å². The van der Waals surface area contributed by atoms with Crippen LogP contribution in [0.1, 0.15) is 19.4 Å². The largest absolute Gasteiger partial charge is 0.493 e. The quantitative estimate of drug-likeness (QED) is 0.818. The van der Waals surface area contributed by atoms with Gasteiger partial charge in [-0.05, 0) is 38.6 Å². The number of hydrogen-bond donors (Lipinski definition) is 1. The monoisotopic (exact) mass is 271 g/mol. The minimum atomic E-state index is -3.03. The molecule has 0 aliphatic rings. The molecule has 0 fully saturated rings. The third-order valence-electron chi connectivity index (χ3n) is 2.63. The molecule has 1 aromatic rings. The zero-order chi connectivity index (χ0) is 13.6. The van der Waals surface area contributed by atoms with E-state index in [2.05, 4.69) is 5.32 Å². The molecule has 0 atom stereocenters. The molecule has 0 amide bonds. The van der Waals surface area contributed by atoms with Crippen molar-refractivity contribution < 1.29 is 13.2 Å². The molecule has 102 valence electrons. The molecule has 0 spiro atoms. The summed E-state index contributed by atoms with van der Waals surface area (Å²) in [4.78, 5) is 0. The lowest BCUT2D eigenvalue weighted by atomic mass is 10.2. The Balaban J connectivity index is 2.51. The zero-order valence-electron chi connectivity index (χ0n) is 11.1. The first kappa shape index (κ1) is 15.0. The number of rotatable bonds is 7. The SMILES string of the molecule is CNCc1cccc(OCCS(=O)(=O)C(C)C)c1. The number of benzene rings is 1. The summed E-state index contributed by atoms with van der Waals surface area (Å²) in [7, 11) is -1.15. The molecule has 0 heterocycles. The van der Waals surface area contributed by atoms with E-state index in [1.54, 1.807) is 13.8 Å². The van der Waals surface area contributed by atoms with E-state index in [1.165, 1.54) is 0 Å². The third-order valence-corrected chi connectivity index (χ3v) is 4.81. The van der Waals surface area contributed by atoms with Crippen molar-refractivity contribution >= 4 is 9.84 Å². The van der Waals surface area contributed by atoms with Crippen molar-refractivity contribution in [3.05, 3.63) is 29.8 Å². The maximum atomic E-state index is 11.6. The molecule has 0 bridgehead atoms. The summed E-state index contributed by atoms with van der Waals surface area (Å²) in [6.07, 6.45) is 0. The molecule has 0 unspecified atom stereocenters. The topological polar surface area (TPSA) is 55.4 Å². The molecule has 0 radical (unpaired) electrons. The minimum absolute atomic E-state index is 0.0565. The molecule has 1 aromatic carbocycles. The molecule has 18 heavy (non-hydrogen) atoms. The summed E-state index contributed by atoms with van der Waals surface area (Å²) in [5, 5.41) is 2.70. The summed E-state index contributed by atoms with van der Waals surface area (Å²) in [5.74, 6) is 0.766. The van der Waals surface area contributed by atoms with Gasteiger partial charge in [0.15, 0.2) is 9.84 Å². The van der Waals surface area contributed by atoms with Crippen LogP contribution in [0.15, 0.2) is 24.3 Å². The molecule has 0 aromatic heterocycles. The van der Waals surface area contributed by atoms with Gasteiger partial charge in [0.05, 0.1) is 11.0 Å². The van der Waals surface area contributed by atoms with Crippen LogP contribution in [0.2, 0.25) is 0 Å². The second-order valence-corrected chi connectivity index (χ2v) is 7.12. The molecule has 1 N–H and O–H groups in total. The van der Waals surface area contributed by atoms with Crippen LogP contribution in [0.4, 0.5) is 0 Å². The van der Waals surface area contributed by atoms with E-state index in [0.717, 1.165) is 12.1 Å². The van der Waals surface area contributed by atoms with Crippen molar-refractivity contribution in [2.24, 2.45) is 0 Å². The van der Waals surface area contributed by atoms with Crippen molar-refractivity contribution in [3.8, 4) is 5.75 Å². The van der Waals surface area contributed by atoms with Crippen molar-refractivity contribution in [3.63, 3.8) is 0 Å². The molecule has 0 saturated heterocycles. The van der Waals surface area contributed by atoms with Gasteiger partial charge in [-0.3, -0.25) is 0 Å². The lowest BCUT2D eigenvalue weighted by molar-refractivity contribution is 0.340. The van der Waals surface area contributed by atoms with Crippen molar-refractivity contribution in [2.45, 2.75) is 25.6 Å². The Labute approximate surface area is 109 Å². The van der Waals surface area contributed by atoms with Crippen LogP contribution in [0.3, 0.4) is 0 Å². The van der Waals surface area contributed by atoms with E-state index in [9.17, 15) is 8.42 Å². The Morgan fingerprint density at radius 1 is 1.33 bits per heavy atom. The van der Waals surface area contributed by atoms with Gasteiger partial charge in [0.2, 0.25) is 0 Å². The fourth-order valence-corrected chi connectivity index (χ4v) is 2.25. The van der Waals surface area contributed by atoms with E-state index in [0.29, 0.717) is 5.75 Å². The lowest BCUT2D eigenvalue weighted by Gasteiger charge is -2.10. The van der Waals surface area contributed by atoms with Crippen LogP contribution in [0.25, 0.3) is 0 Å². The van der Waals surface area contributed by atoms with Crippen molar-refractivity contribution in [1.82, 2.24) is 5.32 Å². The third kappa shape index (κ3) is 4.66. The second-order valence-electron chi connectivity index (χ2n) is 4.44. The summed E-state index contributed by atoms with van der Waals surface area (Å²) in [5.41, 5.74) is 1.11. The normalized spacial score (nSPS) is 11.8. The summed E-state index contributed by atoms with van der Waals surface area (Å²) in [6, 6.07) is 7.65. The number of ether oxygens (including phenoxy) is 1. The highest BCUT2D eigenvalue weighted by molar-refractivity contribution is 7.91. The van der Waals surface area contributed by atoms with Gasteiger partial charge < -0.3 is 10.1 Å². The Morgan fingerprint density at radius 3 is 2.67 bits per heavy atom. The van der Waals surface area contributed by atoms with Gasteiger partial charge in [0.1, 0.15) is 12.4 Å². The van der Waals surface area contributed by atoms with Gasteiger partial charge >= 0.3 is 0 Å². The smallest absolute Gasteiger partial charge is 0.155 e. The first-order chi connectivity index (χ1) is 8.45. The Kier molecular flexibility index (Phi) is 5.62. The number of sulfone groups is 1. The highest BCUT2D eigenvalue weighted by Crippen LogP contribution is 2.13. The van der Waals surface area contributed by atoms with Gasteiger partial charge in [0.25, 0.3) is 0 Å². The van der Waals surface area contributed by atoms with E-state index < -0.39 is 9.84 Å². The van der Waals surface area contributed by atoms with Gasteiger partial charge in [-0.15, -0.1) is 0 Å². The van der Waals surface area contributed by atoms with Crippen LogP contribution in [0, 0.1) is 0 Å². The Morgan fingerprint density at radius 2 is 2.06 bits per heavy atom. The van der Waals surface area contributed by atoms with Gasteiger partial charge in [-0.1, -0.05) is 12.1 Å². The predicted molar refractivity (Wildman–Crippen MR) is 73.6 cm³/mol. The highest BCUT2D eigenvalue weighted by atomic mass is 32.2. The molecule has 0 aliphatic carbocycles. The average Bonchev–Trinajstić information content (AvgIpc) is 2.29. The molecule has 5 heteroatoms. The van der Waals surface area contributed by atoms with Gasteiger partial charge in [0, 0.05) is 6.54 Å². The van der Waals surface area contributed by atoms with Crippen LogP contribution in [0.5, 0.6) is 5.75 Å². The van der Waals surface area contributed by atoms with Gasteiger partial charge in [-0.2, -0.15) is 0 Å². The first-order valence-corrected chi connectivity index (χ1v) is 7.75. The standard InChI is InChI=1S/C13H21NO3S/c1-11(2)18(15,16)8-7-17-13-6-4-5-12(9-13)10-14-3/h4-6,9,11,14H,7-8,10H2,1-3H3. The van der Waals surface area contributed by atoms with Crippen LogP contribution in [-0.4, -0.2) is 33.1 Å². The number of hydrogen-bond acceptors (Lipinski definition) is 4. The maximum absolute atomic E-state index is 11.6. The van der Waals surface area contributed by atoms with E-state index in [-0.39, 0.29) is 17.6 Å². The molecule has 4 nitrogen and oxygen atoms in total. The summed E-state index contributed by atoms with van der Waals surface area (Å²) in [6.45, 7) is 4.33. The average molecular weight is 271 g/mol. The fraction of sp³-hybridized carbons (Fsp3) is 0.538. The minimum Gasteiger partial charge on any atom is -0.493 e. The van der Waals surface area contributed by atoms with E-state index >= 15 is 0 Å². The van der Waals surface area contributed by atoms with Crippen molar-refractivity contribution in [2.75, 3.05) is 19.4 Å². The zero-order valence-corrected chi connectivity index (χ0v) is 12.0. The first-order valence-electron chi connectivity index (χ1n) is 6.03. The molecular weight excluding hydrogens is 250 g/mol. The summed E-state index contributed by atoms with van der Waals surface area (Å²) >= 11 is 0. The van der Waals surface area contributed by atoms with E-state index in [1.807, 2.05) is 31.3 Å². The predicted octanol–water partition coefficient (Wildman–Crippen LogP) is 1.61. The van der Waals surface area contributed by atoms with Crippen molar-refractivity contribution in [1.29, 1.82) is 0 Å². The summed E-state index contributed by atoms with van der Waals surface area (Å²) < 4.78 is 28.7. The molecular formula is C13H21NO3S. The van der Waals surface area contributed by atoms with Crippen LogP contribution >= 0.6 is 0 Å². The highest BCUT2D eigenvalue weighted by Gasteiger charge is 2.15. The second kappa shape index (κ2) is 6.75. The van der Waals surface area contributed by atoms with E-state index in [4.69, 9.17) is 4.74 Å². The Hall–Kier alpha value is -1.07. The van der Waals surface area contributed by atoms with Gasteiger partial charge in [-0.25, -0.2) is 8.42 Å². The fourth-order valence-electron chi connectivity index (χ4n) is 1.46. The molecule has 0 saturated carbocycles. The molecule has 0 aliphatic heterocycles.